The van der Waals surface area contributed by atoms with Gasteiger partial charge in [-0.3, -0.25) is 4.79 Å². The molecule has 0 bridgehead atoms. The van der Waals surface area contributed by atoms with Crippen LogP contribution in [0.4, 0.5) is 11.4 Å². The fraction of sp³-hybridized carbons (Fsp3) is 0.214. The topological polar surface area (TPSA) is 54.3 Å². The van der Waals surface area contributed by atoms with Crippen molar-refractivity contribution in [2.45, 2.75) is 13.3 Å². The summed E-state index contributed by atoms with van der Waals surface area (Å²) in [7, 11) is 0. The molecular weight excluding hydrogens is 228 g/mol. The van der Waals surface area contributed by atoms with E-state index in [0.29, 0.717) is 0 Å². The van der Waals surface area contributed by atoms with Crippen molar-refractivity contribution in [1.29, 1.82) is 0 Å². The van der Waals surface area contributed by atoms with Crippen LogP contribution in [-0.2, 0) is 11.2 Å². The highest BCUT2D eigenvalue weighted by Crippen LogP contribution is 2.13. The van der Waals surface area contributed by atoms with Gasteiger partial charge in [0.2, 0.25) is 5.91 Å². The minimum absolute atomic E-state index is 0.0615. The third-order valence-corrected chi connectivity index (χ3v) is 2.49. The Morgan fingerprint density at radius 1 is 1.17 bits per heavy atom. The van der Waals surface area contributed by atoms with Crippen LogP contribution in [0, 0.1) is 0 Å². The van der Waals surface area contributed by atoms with Crippen LogP contribution in [-0.4, -0.2) is 12.5 Å². The van der Waals surface area contributed by atoms with Crippen molar-refractivity contribution < 1.29 is 9.21 Å². The Bertz CT molecular complexity index is 489. The fourth-order valence-electron chi connectivity index (χ4n) is 1.66. The molecule has 0 unspecified atom stereocenters. The zero-order valence-corrected chi connectivity index (χ0v) is 10.3. The van der Waals surface area contributed by atoms with E-state index in [4.69, 9.17) is 4.42 Å². The number of hydrogen-bond donors (Lipinski definition) is 2. The molecule has 0 fully saturated rings. The number of nitrogens with one attached hydrogen (secondary N) is 2. The summed E-state index contributed by atoms with van der Waals surface area (Å²) in [6.45, 7) is 2.31. The van der Waals surface area contributed by atoms with E-state index < -0.39 is 0 Å². The molecule has 18 heavy (non-hydrogen) atoms. The first kappa shape index (κ1) is 12.2. The number of anilines is 2. The number of hydrogen-bond acceptors (Lipinski definition) is 3. The van der Waals surface area contributed by atoms with Gasteiger partial charge in [0.1, 0.15) is 5.76 Å². The molecule has 0 aliphatic heterocycles. The van der Waals surface area contributed by atoms with Gasteiger partial charge in [-0.05, 0) is 36.4 Å². The summed E-state index contributed by atoms with van der Waals surface area (Å²) in [5.74, 6) is 0.908. The van der Waals surface area contributed by atoms with Crippen molar-refractivity contribution in [2.75, 3.05) is 17.2 Å². The Kier molecular flexibility index (Phi) is 4.02. The maximum atomic E-state index is 10.9. The second-order valence-corrected chi connectivity index (χ2v) is 4.01. The maximum Gasteiger partial charge on any atom is 0.221 e. The smallest absolute Gasteiger partial charge is 0.221 e. The van der Waals surface area contributed by atoms with Crippen LogP contribution in [0.5, 0.6) is 0 Å². The van der Waals surface area contributed by atoms with E-state index in [-0.39, 0.29) is 5.91 Å². The molecule has 0 spiro atoms. The van der Waals surface area contributed by atoms with E-state index in [1.165, 1.54) is 6.92 Å². The van der Waals surface area contributed by atoms with Crippen LogP contribution in [0.25, 0.3) is 0 Å². The maximum absolute atomic E-state index is 10.9. The van der Waals surface area contributed by atoms with Crippen molar-refractivity contribution in [1.82, 2.24) is 0 Å². The Morgan fingerprint density at radius 3 is 2.50 bits per heavy atom. The monoisotopic (exact) mass is 244 g/mol. The molecule has 94 valence electrons. The Hall–Kier alpha value is -2.23. The lowest BCUT2D eigenvalue weighted by Gasteiger charge is -2.07. The van der Waals surface area contributed by atoms with Crippen LogP contribution in [0.2, 0.25) is 0 Å². The molecule has 1 aromatic heterocycles. The summed E-state index contributed by atoms with van der Waals surface area (Å²) >= 11 is 0. The predicted octanol–water partition coefficient (Wildman–Crippen LogP) is 2.89. The van der Waals surface area contributed by atoms with E-state index in [2.05, 4.69) is 10.6 Å². The van der Waals surface area contributed by atoms with Gasteiger partial charge in [-0.2, -0.15) is 0 Å². The van der Waals surface area contributed by atoms with Gasteiger partial charge >= 0.3 is 0 Å². The zero-order valence-electron chi connectivity index (χ0n) is 10.3. The Labute approximate surface area is 106 Å². The molecule has 4 nitrogen and oxygen atoms in total. The lowest BCUT2D eigenvalue weighted by atomic mass is 10.2. The Balaban J connectivity index is 1.81. The van der Waals surface area contributed by atoms with E-state index in [1.807, 2.05) is 36.4 Å². The van der Waals surface area contributed by atoms with E-state index in [0.717, 1.165) is 30.1 Å². The molecule has 0 saturated heterocycles. The quantitative estimate of drug-likeness (QED) is 0.850. The molecule has 2 rings (SSSR count). The predicted molar refractivity (Wildman–Crippen MR) is 71.6 cm³/mol. The highest BCUT2D eigenvalue weighted by molar-refractivity contribution is 5.88. The molecule has 1 aromatic carbocycles. The SMILES string of the molecule is CC(=O)Nc1ccc(NCCc2ccco2)cc1. The van der Waals surface area contributed by atoms with Crippen LogP contribution in [0.15, 0.2) is 47.1 Å². The second kappa shape index (κ2) is 5.91. The molecule has 0 aliphatic rings. The van der Waals surface area contributed by atoms with Crippen LogP contribution in [0.3, 0.4) is 0 Å². The van der Waals surface area contributed by atoms with Gasteiger partial charge in [0.05, 0.1) is 6.26 Å². The minimum Gasteiger partial charge on any atom is -0.469 e. The largest absolute Gasteiger partial charge is 0.469 e. The third-order valence-electron chi connectivity index (χ3n) is 2.49. The number of rotatable bonds is 5. The normalized spacial score (nSPS) is 10.1. The standard InChI is InChI=1S/C14H16N2O2/c1-11(17)16-13-6-4-12(5-7-13)15-9-8-14-3-2-10-18-14/h2-7,10,15H,8-9H2,1H3,(H,16,17). The van der Waals surface area contributed by atoms with Crippen molar-refractivity contribution >= 4 is 17.3 Å². The third kappa shape index (κ3) is 3.66. The zero-order chi connectivity index (χ0) is 12.8. The number of carbonyl (C=O) groups excluding carboxylic acids is 1. The first-order valence-corrected chi connectivity index (χ1v) is 5.88. The first-order chi connectivity index (χ1) is 8.74. The average molecular weight is 244 g/mol. The van der Waals surface area contributed by atoms with E-state index >= 15 is 0 Å². The summed E-state index contributed by atoms with van der Waals surface area (Å²) in [6, 6.07) is 11.5. The number of benzene rings is 1. The van der Waals surface area contributed by atoms with Gasteiger partial charge in [-0.15, -0.1) is 0 Å². The highest BCUT2D eigenvalue weighted by Gasteiger charge is 1.97. The minimum atomic E-state index is -0.0615. The van der Waals surface area contributed by atoms with Crippen LogP contribution >= 0.6 is 0 Å². The van der Waals surface area contributed by atoms with Gasteiger partial charge in [0.25, 0.3) is 0 Å². The number of amides is 1. The number of carbonyl (C=O) groups is 1. The molecule has 4 heteroatoms. The molecule has 2 aromatic rings. The molecule has 1 heterocycles. The lowest BCUT2D eigenvalue weighted by Crippen LogP contribution is -2.06. The van der Waals surface area contributed by atoms with E-state index in [9.17, 15) is 4.79 Å². The highest BCUT2D eigenvalue weighted by atomic mass is 16.3. The van der Waals surface area contributed by atoms with Crippen molar-refractivity contribution in [2.24, 2.45) is 0 Å². The fourth-order valence-corrected chi connectivity index (χ4v) is 1.66. The van der Waals surface area contributed by atoms with Crippen LogP contribution in [0.1, 0.15) is 12.7 Å². The van der Waals surface area contributed by atoms with Gasteiger partial charge in [0.15, 0.2) is 0 Å². The van der Waals surface area contributed by atoms with Gasteiger partial charge in [-0.25, -0.2) is 0 Å². The molecule has 1 amide bonds. The second-order valence-electron chi connectivity index (χ2n) is 4.01. The summed E-state index contributed by atoms with van der Waals surface area (Å²) in [5, 5.41) is 6.02. The first-order valence-electron chi connectivity index (χ1n) is 5.88. The molecule has 0 atom stereocenters. The van der Waals surface area contributed by atoms with Gasteiger partial charge in [-0.1, -0.05) is 0 Å². The molecular formula is C14H16N2O2. The van der Waals surface area contributed by atoms with Crippen LogP contribution < -0.4 is 10.6 Å². The molecule has 0 saturated carbocycles. The summed E-state index contributed by atoms with van der Waals surface area (Å²) in [5.41, 5.74) is 1.83. The van der Waals surface area contributed by atoms with Gasteiger partial charge < -0.3 is 15.1 Å². The molecule has 0 radical (unpaired) electrons. The average Bonchev–Trinajstić information content (AvgIpc) is 2.84. The lowest BCUT2D eigenvalue weighted by molar-refractivity contribution is -0.114. The Morgan fingerprint density at radius 2 is 1.89 bits per heavy atom. The van der Waals surface area contributed by atoms with Crippen molar-refractivity contribution in [3.05, 3.63) is 48.4 Å². The number of furan rings is 1. The van der Waals surface area contributed by atoms with Gasteiger partial charge in [0, 0.05) is 31.3 Å². The molecule has 2 N–H and O–H groups in total. The van der Waals surface area contributed by atoms with Crippen molar-refractivity contribution in [3.8, 4) is 0 Å². The molecule has 0 aliphatic carbocycles. The van der Waals surface area contributed by atoms with E-state index in [1.54, 1.807) is 6.26 Å². The summed E-state index contributed by atoms with van der Waals surface area (Å²) < 4.78 is 5.25. The summed E-state index contributed by atoms with van der Waals surface area (Å²) in [6.07, 6.45) is 2.53. The summed E-state index contributed by atoms with van der Waals surface area (Å²) in [4.78, 5) is 10.9. The van der Waals surface area contributed by atoms with Crippen molar-refractivity contribution in [3.63, 3.8) is 0 Å².